The van der Waals surface area contributed by atoms with Gasteiger partial charge < -0.3 is 80.0 Å². The van der Waals surface area contributed by atoms with Crippen LogP contribution in [0.4, 0.5) is 0 Å². The van der Waals surface area contributed by atoms with Crippen LogP contribution in [0.3, 0.4) is 0 Å². The van der Waals surface area contributed by atoms with Crippen LogP contribution in [-0.4, -0.2) is 213 Å². The SMILES string of the molecule is CC[C@@]1(O)C(=O)OCc2c1cc1n(c2=O)Cc2c-1nc1ccccc1c2CCN(C(=O)CNC(=O)[C@H](CC(N)=O)NC(=O)[C@H](C)NC(=O)[C@H](C)NC(=O)CCOCCOCCOCCOCCOCCOCCNC(=O)CCN1C(=O)C=CC1=O)C1CCC1. The molecule has 0 spiro atoms. The number of aromatic nitrogens is 2. The Morgan fingerprint density at radius 3 is 1.96 bits per heavy atom. The molecular weight excluding hydrogens is 1160 g/mol. The van der Waals surface area contributed by atoms with E-state index >= 15 is 0 Å². The Labute approximate surface area is 513 Å². The minimum Gasteiger partial charge on any atom is -0.458 e. The largest absolute Gasteiger partial charge is 0.458 e. The number of imide groups is 1. The summed E-state index contributed by atoms with van der Waals surface area (Å²) in [7, 11) is 0. The molecule has 29 nitrogen and oxygen atoms in total. The standard InChI is InChI=1S/C60H80N10O19/c1-4-60(82)44-32-47-54-42(35-70(47)58(80)43(44)36-89-59(60)81)40(41-10-5-6-11-45(41)66-54)14-18-68(39-8-7-9-39)53(76)34-63-57(79)46(33-48(61)71)67-56(78)38(3)65-55(77)37(2)64-50(73)16-20-83-22-24-85-26-28-87-30-31-88-29-27-86-25-23-84-21-17-62-49(72)15-19-69-51(74)12-13-52(69)75/h5-6,10-13,32,37-39,46,82H,4,7-9,14-31,33-36H2,1-3H3,(H2,61,71)(H,62,72)(H,63,79)(H,64,73)(H,65,77)(H,67,78)/t37-,38-,46-,60-/m0/s1. The molecule has 8 N–H and O–H groups in total. The first-order valence-corrected chi connectivity index (χ1v) is 29.9. The maximum atomic E-state index is 14.1. The van der Waals surface area contributed by atoms with Crippen LogP contribution in [0.25, 0.3) is 22.3 Å². The van der Waals surface area contributed by atoms with Crippen LogP contribution >= 0.6 is 0 Å². The van der Waals surface area contributed by atoms with Crippen molar-refractivity contribution in [1.82, 2.24) is 45.9 Å². The first kappa shape index (κ1) is 68.4. The number of fused-ring (bicyclic) bond motifs is 5. The lowest BCUT2D eigenvalue weighted by Gasteiger charge is -2.38. The molecular formula is C60H80N10O19. The van der Waals surface area contributed by atoms with Gasteiger partial charge in [-0.15, -0.1) is 0 Å². The van der Waals surface area contributed by atoms with Crippen molar-refractivity contribution in [3.05, 3.63) is 75.1 Å². The zero-order valence-corrected chi connectivity index (χ0v) is 50.4. The second kappa shape index (κ2) is 33.5. The first-order valence-electron chi connectivity index (χ1n) is 29.9. The topological polar surface area (TPSA) is 383 Å². The highest BCUT2D eigenvalue weighted by Gasteiger charge is 2.46. The number of ether oxygens (including phenoxy) is 7. The summed E-state index contributed by atoms with van der Waals surface area (Å²) in [6.07, 6.45) is 4.34. The number of benzene rings is 1. The van der Waals surface area contributed by atoms with E-state index in [9.17, 15) is 57.8 Å². The summed E-state index contributed by atoms with van der Waals surface area (Å²) < 4.78 is 39.5. The quantitative estimate of drug-likeness (QED) is 0.0150. The average Bonchev–Trinajstić information content (AvgIpc) is 1.67. The summed E-state index contributed by atoms with van der Waals surface area (Å²) in [6.45, 7) is 7.79. The Hall–Kier alpha value is -8.06. The second-order valence-corrected chi connectivity index (χ2v) is 21.6. The number of hydrogen-bond donors (Lipinski definition) is 7. The molecule has 29 heteroatoms. The van der Waals surface area contributed by atoms with E-state index in [0.717, 1.165) is 40.7 Å². The van der Waals surface area contributed by atoms with Gasteiger partial charge in [0.25, 0.3) is 17.4 Å². The van der Waals surface area contributed by atoms with Crippen LogP contribution in [0, 0.1) is 0 Å². The Balaban J connectivity index is 0.738. The Bertz CT molecular complexity index is 3150. The van der Waals surface area contributed by atoms with Gasteiger partial charge in [-0.25, -0.2) is 9.78 Å². The normalized spacial score (nSPS) is 16.8. The van der Waals surface area contributed by atoms with E-state index in [4.69, 9.17) is 43.9 Å². The number of aliphatic hydroxyl groups is 1. The van der Waals surface area contributed by atoms with Crippen LogP contribution in [0.15, 0.2) is 47.3 Å². The van der Waals surface area contributed by atoms with E-state index in [-0.39, 0.29) is 102 Å². The lowest BCUT2D eigenvalue weighted by molar-refractivity contribution is -0.172. The van der Waals surface area contributed by atoms with Gasteiger partial charge in [-0.05, 0) is 63.6 Å². The highest BCUT2D eigenvalue weighted by Crippen LogP contribution is 2.40. The third kappa shape index (κ3) is 18.7. The highest BCUT2D eigenvalue weighted by molar-refractivity contribution is 6.13. The smallest absolute Gasteiger partial charge is 0.343 e. The number of hydrogen-bond acceptors (Lipinski definition) is 20. The molecule has 1 aliphatic carbocycles. The molecule has 3 aliphatic heterocycles. The van der Waals surface area contributed by atoms with Gasteiger partial charge in [0.1, 0.15) is 24.7 Å². The van der Waals surface area contributed by atoms with E-state index in [1.807, 2.05) is 24.3 Å². The maximum Gasteiger partial charge on any atom is 0.343 e. The van der Waals surface area contributed by atoms with Crippen molar-refractivity contribution in [1.29, 1.82) is 0 Å². The molecule has 0 radical (unpaired) electrons. The number of pyridine rings is 2. The van der Waals surface area contributed by atoms with Crippen LogP contribution in [0.5, 0.6) is 0 Å². The maximum absolute atomic E-state index is 14.1. The Morgan fingerprint density at radius 1 is 0.753 bits per heavy atom. The number of carbonyl (C=O) groups is 10. The molecule has 4 atom stereocenters. The van der Waals surface area contributed by atoms with Crippen molar-refractivity contribution in [2.45, 2.75) is 115 Å². The molecule has 0 saturated heterocycles. The number of esters is 1. The predicted molar refractivity (Wildman–Crippen MR) is 315 cm³/mol. The van der Waals surface area contributed by atoms with Crippen LogP contribution < -0.4 is 37.9 Å². The molecule has 2 aromatic heterocycles. The van der Waals surface area contributed by atoms with Crippen molar-refractivity contribution in [3.63, 3.8) is 0 Å². The summed E-state index contributed by atoms with van der Waals surface area (Å²) in [5, 5.41) is 24.9. The first-order chi connectivity index (χ1) is 42.8. The number of primary amides is 1. The minimum absolute atomic E-state index is 0.00683. The number of cyclic esters (lactones) is 1. The van der Waals surface area contributed by atoms with Crippen LogP contribution in [0.2, 0.25) is 0 Å². The van der Waals surface area contributed by atoms with Gasteiger partial charge >= 0.3 is 5.97 Å². The van der Waals surface area contributed by atoms with E-state index in [2.05, 4.69) is 26.6 Å². The molecule has 0 unspecified atom stereocenters. The second-order valence-electron chi connectivity index (χ2n) is 21.6. The van der Waals surface area contributed by atoms with Gasteiger partial charge in [0.05, 0.1) is 121 Å². The number of rotatable bonds is 39. The van der Waals surface area contributed by atoms with Gasteiger partial charge in [0, 0.05) is 67.2 Å². The number of para-hydroxylation sites is 1. The van der Waals surface area contributed by atoms with Gasteiger partial charge in [-0.2, -0.15) is 0 Å². The Morgan fingerprint density at radius 2 is 1.35 bits per heavy atom. The summed E-state index contributed by atoms with van der Waals surface area (Å²) in [5.41, 5.74) is 6.68. The molecule has 0 bridgehead atoms. The predicted octanol–water partition coefficient (Wildman–Crippen LogP) is -1.59. The van der Waals surface area contributed by atoms with Gasteiger partial charge in [-0.3, -0.25) is 52.8 Å². The molecule has 7 rings (SSSR count). The van der Waals surface area contributed by atoms with E-state index in [1.165, 1.54) is 26.0 Å². The van der Waals surface area contributed by atoms with Gasteiger partial charge in [-0.1, -0.05) is 25.1 Å². The van der Waals surface area contributed by atoms with Gasteiger partial charge in [0.2, 0.25) is 41.4 Å². The molecule has 1 aromatic carbocycles. The van der Waals surface area contributed by atoms with E-state index < -0.39 is 95.5 Å². The van der Waals surface area contributed by atoms with Crippen molar-refractivity contribution < 1.29 is 86.2 Å². The third-order valence-corrected chi connectivity index (χ3v) is 15.5. The summed E-state index contributed by atoms with van der Waals surface area (Å²) in [6, 6.07) is 5.17. The van der Waals surface area contributed by atoms with Crippen molar-refractivity contribution in [3.8, 4) is 11.4 Å². The molecule has 9 amide bonds. The highest BCUT2D eigenvalue weighted by atomic mass is 16.6. The summed E-state index contributed by atoms with van der Waals surface area (Å²) >= 11 is 0. The number of nitrogens with two attached hydrogens (primary N) is 1. The fourth-order valence-corrected chi connectivity index (χ4v) is 10.3. The van der Waals surface area contributed by atoms with Crippen LogP contribution in [-0.2, 0) is 106 Å². The molecule has 1 fully saturated rings. The fourth-order valence-electron chi connectivity index (χ4n) is 10.3. The number of nitrogens with one attached hydrogen (secondary N) is 5. The average molecular weight is 1250 g/mol. The minimum atomic E-state index is -2.00. The fraction of sp³-hybridized carbons (Fsp3) is 0.567. The number of nitrogens with zero attached hydrogens (tertiary/aromatic N) is 4. The molecule has 484 valence electrons. The van der Waals surface area contributed by atoms with Crippen molar-refractivity contribution in [2.24, 2.45) is 5.73 Å². The molecule has 4 aliphatic rings. The van der Waals surface area contributed by atoms with E-state index in [1.54, 1.807) is 22.5 Å². The zero-order chi connectivity index (χ0) is 64.0. The molecule has 1 saturated carbocycles. The summed E-state index contributed by atoms with van der Waals surface area (Å²) in [4.78, 5) is 148. The molecule has 5 heterocycles. The van der Waals surface area contributed by atoms with Crippen molar-refractivity contribution in [2.75, 3.05) is 105 Å². The summed E-state index contributed by atoms with van der Waals surface area (Å²) in [5.74, 6) is -6.22. The number of carbonyl (C=O) groups excluding carboxylic acids is 10. The lowest BCUT2D eigenvalue weighted by Crippen LogP contribution is -2.57. The van der Waals surface area contributed by atoms with Crippen molar-refractivity contribution >= 4 is 70.0 Å². The Kier molecular flexibility index (Phi) is 25.8. The lowest BCUT2D eigenvalue weighted by atomic mass is 9.86. The monoisotopic (exact) mass is 1240 g/mol. The van der Waals surface area contributed by atoms with Crippen LogP contribution in [0.1, 0.15) is 88.0 Å². The molecule has 89 heavy (non-hydrogen) atoms. The van der Waals surface area contributed by atoms with E-state index in [0.29, 0.717) is 76.2 Å². The molecule has 3 aromatic rings. The third-order valence-electron chi connectivity index (χ3n) is 15.5. The number of amides is 9. The zero-order valence-electron chi connectivity index (χ0n) is 50.4. The van der Waals surface area contributed by atoms with Gasteiger partial charge in [0.15, 0.2) is 5.60 Å².